The molecule has 0 aromatic heterocycles. The SMILES string of the molecule is Cc1cc[c-](C)c1.Cc1cc[c-](C)c1.Oc1ccccc1C(F)(F)F.Oc1ccccc1C(F)(F)F.[Zr+2]. The van der Waals surface area contributed by atoms with Gasteiger partial charge in [0.1, 0.15) is 11.5 Å². The van der Waals surface area contributed by atoms with Crippen LogP contribution in [-0.2, 0) is 38.6 Å². The molecule has 0 saturated carbocycles. The van der Waals surface area contributed by atoms with Crippen molar-refractivity contribution in [2.45, 2.75) is 40.0 Å². The molecule has 9 heteroatoms. The van der Waals surface area contributed by atoms with E-state index >= 15 is 0 Å². The smallest absolute Gasteiger partial charge is 0.507 e. The van der Waals surface area contributed by atoms with E-state index in [0.29, 0.717) is 0 Å². The summed E-state index contributed by atoms with van der Waals surface area (Å²) in [6.45, 7) is 8.42. The van der Waals surface area contributed by atoms with E-state index in [1.807, 2.05) is 0 Å². The number of phenols is 2. The average Bonchev–Trinajstić information content (AvgIpc) is 3.34. The van der Waals surface area contributed by atoms with E-state index < -0.39 is 35.0 Å². The van der Waals surface area contributed by atoms with Crippen LogP contribution in [0, 0.1) is 27.7 Å². The first-order valence-corrected chi connectivity index (χ1v) is 10.7. The Kier molecular flexibility index (Phi) is 14.3. The summed E-state index contributed by atoms with van der Waals surface area (Å²) < 4.78 is 71.3. The number of rotatable bonds is 0. The van der Waals surface area contributed by atoms with Gasteiger partial charge in [0.15, 0.2) is 0 Å². The number of phenolic OH excluding ortho intramolecular Hbond substituents is 2. The minimum Gasteiger partial charge on any atom is -0.507 e. The van der Waals surface area contributed by atoms with Crippen molar-refractivity contribution in [3.05, 3.63) is 118 Å². The Balaban J connectivity index is 0.000000473. The third kappa shape index (κ3) is 13.4. The molecule has 0 aliphatic carbocycles. The predicted molar refractivity (Wildman–Crippen MR) is 129 cm³/mol. The van der Waals surface area contributed by atoms with Gasteiger partial charge in [0.2, 0.25) is 0 Å². The standard InChI is InChI=1S/2C7H5F3O.2C7H9.Zr/c2*8-7(9,10)5-3-1-2-4-6(5)11;2*1-6-3-4-7(2)5-6;/h2*1-4,11H;2*3-5H,1-2H3;/q;;2*-1;+2. The Labute approximate surface area is 232 Å². The summed E-state index contributed by atoms with van der Waals surface area (Å²) in [5.41, 5.74) is 3.44. The largest absolute Gasteiger partial charge is 2.00 e. The first-order valence-electron chi connectivity index (χ1n) is 10.7. The van der Waals surface area contributed by atoms with E-state index in [4.69, 9.17) is 10.2 Å². The molecule has 0 unspecified atom stereocenters. The summed E-state index contributed by atoms with van der Waals surface area (Å²) in [7, 11) is 0. The normalized spacial score (nSPS) is 10.4. The van der Waals surface area contributed by atoms with Crippen molar-refractivity contribution in [2.24, 2.45) is 0 Å². The van der Waals surface area contributed by atoms with Crippen molar-refractivity contribution >= 4 is 0 Å². The maximum Gasteiger partial charge on any atom is 2.00 e. The molecule has 0 radical (unpaired) electrons. The van der Waals surface area contributed by atoms with Crippen LogP contribution < -0.4 is 0 Å². The molecule has 4 aromatic rings. The van der Waals surface area contributed by atoms with Gasteiger partial charge in [-0.25, -0.2) is 23.3 Å². The first-order chi connectivity index (χ1) is 16.6. The van der Waals surface area contributed by atoms with E-state index in [-0.39, 0.29) is 26.2 Å². The molecule has 0 saturated heterocycles. The first kappa shape index (κ1) is 34.2. The number of aryl methyl sites for hydroxylation is 4. The molecule has 4 aromatic carbocycles. The van der Waals surface area contributed by atoms with Crippen LogP contribution in [-0.4, -0.2) is 10.2 Å². The van der Waals surface area contributed by atoms with Crippen molar-refractivity contribution in [3.63, 3.8) is 0 Å². The van der Waals surface area contributed by atoms with E-state index in [9.17, 15) is 26.3 Å². The van der Waals surface area contributed by atoms with Crippen LogP contribution in [0.2, 0.25) is 0 Å². The second-order valence-corrected chi connectivity index (χ2v) is 7.96. The third-order valence-corrected chi connectivity index (χ3v) is 4.55. The van der Waals surface area contributed by atoms with Gasteiger partial charge in [-0.05, 0) is 24.3 Å². The predicted octanol–water partition coefficient (Wildman–Crippen LogP) is 8.86. The van der Waals surface area contributed by atoms with Crippen LogP contribution in [0.4, 0.5) is 26.3 Å². The number of benzene rings is 2. The quantitative estimate of drug-likeness (QED) is 0.156. The van der Waals surface area contributed by atoms with Gasteiger partial charge in [-0.15, -0.1) is 0 Å². The summed E-state index contributed by atoms with van der Waals surface area (Å²) in [5.74, 6) is -1.47. The molecule has 37 heavy (non-hydrogen) atoms. The zero-order chi connectivity index (χ0) is 27.5. The Morgan fingerprint density at radius 3 is 1.00 bits per heavy atom. The Bertz CT molecular complexity index is 1060. The summed E-state index contributed by atoms with van der Waals surface area (Å²) in [6, 6.07) is 21.6. The van der Waals surface area contributed by atoms with Crippen LogP contribution in [0.3, 0.4) is 0 Å². The molecule has 0 fully saturated rings. The number of para-hydroxylation sites is 2. The van der Waals surface area contributed by atoms with E-state index in [1.54, 1.807) is 0 Å². The summed E-state index contributed by atoms with van der Waals surface area (Å²) in [5, 5.41) is 17.5. The molecule has 0 amide bonds. The van der Waals surface area contributed by atoms with Crippen molar-refractivity contribution in [2.75, 3.05) is 0 Å². The molecule has 0 bridgehead atoms. The zero-order valence-corrected chi connectivity index (χ0v) is 23.2. The van der Waals surface area contributed by atoms with Crippen molar-refractivity contribution in [1.29, 1.82) is 0 Å². The summed E-state index contributed by atoms with van der Waals surface area (Å²) in [4.78, 5) is 0. The van der Waals surface area contributed by atoms with Crippen LogP contribution in [0.25, 0.3) is 0 Å². The fourth-order valence-electron chi connectivity index (χ4n) is 2.86. The average molecular weight is 602 g/mol. The molecule has 0 aliphatic rings. The van der Waals surface area contributed by atoms with E-state index in [2.05, 4.69) is 64.1 Å². The van der Waals surface area contributed by atoms with Gasteiger partial charge in [-0.2, -0.15) is 61.7 Å². The number of halogens is 6. The minimum absolute atomic E-state index is 0. The molecule has 0 aliphatic heterocycles. The van der Waals surface area contributed by atoms with Gasteiger partial charge in [-0.3, -0.25) is 0 Å². The Hall–Kier alpha value is -2.80. The number of hydrogen-bond acceptors (Lipinski definition) is 2. The molecule has 4 rings (SSSR count). The van der Waals surface area contributed by atoms with Crippen LogP contribution in [0.1, 0.15) is 33.4 Å². The molecule has 2 N–H and O–H groups in total. The van der Waals surface area contributed by atoms with Crippen LogP contribution in [0.15, 0.2) is 84.9 Å². The minimum atomic E-state index is -4.47. The third-order valence-electron chi connectivity index (χ3n) is 4.55. The Morgan fingerprint density at radius 1 is 0.568 bits per heavy atom. The molecule has 2 nitrogen and oxygen atoms in total. The van der Waals surface area contributed by atoms with Gasteiger partial charge >= 0.3 is 38.6 Å². The number of alkyl halides is 6. The molecule has 0 spiro atoms. The Morgan fingerprint density at radius 2 is 0.865 bits per heavy atom. The van der Waals surface area contributed by atoms with Crippen molar-refractivity contribution in [1.82, 2.24) is 0 Å². The fourth-order valence-corrected chi connectivity index (χ4v) is 2.86. The maximum absolute atomic E-state index is 11.9. The second-order valence-electron chi connectivity index (χ2n) is 7.96. The monoisotopic (exact) mass is 600 g/mol. The van der Waals surface area contributed by atoms with Crippen molar-refractivity contribution < 1.29 is 62.8 Å². The number of aromatic hydroxyl groups is 2. The van der Waals surface area contributed by atoms with E-state index in [0.717, 1.165) is 24.3 Å². The van der Waals surface area contributed by atoms with Crippen LogP contribution in [0.5, 0.6) is 11.5 Å². The summed E-state index contributed by atoms with van der Waals surface area (Å²) >= 11 is 0. The maximum atomic E-state index is 11.9. The van der Waals surface area contributed by atoms with Gasteiger partial charge in [-0.1, -0.05) is 52.0 Å². The van der Waals surface area contributed by atoms with Gasteiger partial charge in [0.25, 0.3) is 0 Å². The topological polar surface area (TPSA) is 40.5 Å². The molecule has 198 valence electrons. The van der Waals surface area contributed by atoms with Crippen LogP contribution >= 0.6 is 0 Å². The number of hydrogen-bond donors (Lipinski definition) is 2. The zero-order valence-electron chi connectivity index (χ0n) is 20.7. The molecular formula is C28H28F6O2Zr. The van der Waals surface area contributed by atoms with Gasteiger partial charge in [0.05, 0.1) is 11.1 Å². The second kappa shape index (κ2) is 15.5. The molecule has 0 atom stereocenters. The van der Waals surface area contributed by atoms with E-state index in [1.165, 1.54) is 46.5 Å². The van der Waals surface area contributed by atoms with Crippen molar-refractivity contribution in [3.8, 4) is 11.5 Å². The molecular weight excluding hydrogens is 574 g/mol. The van der Waals surface area contributed by atoms with Gasteiger partial charge < -0.3 is 10.2 Å². The molecule has 0 heterocycles. The summed E-state index contributed by atoms with van der Waals surface area (Å²) in [6.07, 6.45) is -8.93. The fraction of sp³-hybridized carbons (Fsp3) is 0.214. The van der Waals surface area contributed by atoms with Gasteiger partial charge in [0, 0.05) is 0 Å².